The minimum Gasteiger partial charge on any atom is -0.388 e. The molecule has 136 valence electrons. The Balaban J connectivity index is 2.07. The van der Waals surface area contributed by atoms with Gasteiger partial charge in [-0.25, -0.2) is 0 Å². The Kier molecular flexibility index (Phi) is 6.27. The van der Waals surface area contributed by atoms with Crippen molar-refractivity contribution in [2.75, 3.05) is 13.1 Å². The summed E-state index contributed by atoms with van der Waals surface area (Å²) in [6.07, 6.45) is -14.2. The van der Waals surface area contributed by atoms with E-state index in [9.17, 15) is 30.6 Å². The molecular weight excluding hydrogens is 316 g/mol. The molecule has 23 heavy (non-hydrogen) atoms. The topological polar surface area (TPSA) is 201 Å². The van der Waals surface area contributed by atoms with Crippen LogP contribution in [0.1, 0.15) is 0 Å². The molecule has 2 rings (SSSR count). The van der Waals surface area contributed by atoms with E-state index in [4.69, 9.17) is 25.7 Å². The van der Waals surface area contributed by atoms with E-state index in [1.54, 1.807) is 0 Å². The van der Waals surface area contributed by atoms with Crippen LogP contribution < -0.4 is 11.5 Å². The lowest BCUT2D eigenvalue weighted by atomic mass is 9.98. The zero-order chi connectivity index (χ0) is 17.3. The van der Waals surface area contributed by atoms with Gasteiger partial charge in [0.1, 0.15) is 48.8 Å². The fraction of sp³-hybridized carbons (Fsp3) is 1.00. The Bertz CT molecular complexity index is 352. The molecule has 11 heteroatoms. The van der Waals surface area contributed by atoms with E-state index in [2.05, 4.69) is 0 Å². The fourth-order valence-electron chi connectivity index (χ4n) is 2.58. The van der Waals surface area contributed by atoms with Crippen LogP contribution in [0.2, 0.25) is 0 Å². The summed E-state index contributed by atoms with van der Waals surface area (Å²) >= 11 is 0. The molecule has 0 aromatic heterocycles. The van der Waals surface area contributed by atoms with Gasteiger partial charge in [-0.15, -0.1) is 0 Å². The first-order valence-corrected chi connectivity index (χ1v) is 7.26. The van der Waals surface area contributed by atoms with Crippen LogP contribution in [0, 0.1) is 0 Å². The Labute approximate surface area is 132 Å². The third kappa shape index (κ3) is 3.65. The molecule has 2 saturated heterocycles. The highest BCUT2D eigenvalue weighted by molar-refractivity contribution is 4.92. The lowest BCUT2D eigenvalue weighted by Gasteiger charge is -2.44. The molecule has 10 N–H and O–H groups in total. The Hall–Kier alpha value is -0.440. The van der Waals surface area contributed by atoms with Gasteiger partial charge in [0.25, 0.3) is 0 Å². The van der Waals surface area contributed by atoms with Gasteiger partial charge in [0.15, 0.2) is 12.6 Å². The number of aliphatic hydroxyl groups is 6. The molecule has 0 radical (unpaired) electrons. The first kappa shape index (κ1) is 18.9. The van der Waals surface area contributed by atoms with Crippen LogP contribution in [-0.2, 0) is 14.2 Å². The SMILES string of the molecule is NCC1OC(OC2OC(CN)C(O)C(O)C2O)C(O)C(O)C1O. The number of rotatable bonds is 4. The molecule has 2 heterocycles. The first-order valence-electron chi connectivity index (χ1n) is 7.26. The molecule has 0 saturated carbocycles. The van der Waals surface area contributed by atoms with Crippen molar-refractivity contribution in [2.45, 2.75) is 61.4 Å². The highest BCUT2D eigenvalue weighted by Gasteiger charge is 2.49. The summed E-state index contributed by atoms with van der Waals surface area (Å²) in [4.78, 5) is 0. The summed E-state index contributed by atoms with van der Waals surface area (Å²) in [5, 5.41) is 58.8. The summed E-state index contributed by atoms with van der Waals surface area (Å²) in [5.41, 5.74) is 10.8. The van der Waals surface area contributed by atoms with Gasteiger partial charge in [0.2, 0.25) is 0 Å². The molecule has 10 unspecified atom stereocenters. The highest BCUT2D eigenvalue weighted by Crippen LogP contribution is 2.27. The third-order valence-corrected chi connectivity index (χ3v) is 4.07. The summed E-state index contributed by atoms with van der Waals surface area (Å²) in [5.74, 6) is 0. The van der Waals surface area contributed by atoms with Gasteiger partial charge < -0.3 is 56.3 Å². The van der Waals surface area contributed by atoms with Crippen molar-refractivity contribution in [3.8, 4) is 0 Å². The van der Waals surface area contributed by atoms with E-state index >= 15 is 0 Å². The smallest absolute Gasteiger partial charge is 0.189 e. The normalized spacial score (nSPS) is 51.7. The zero-order valence-electron chi connectivity index (χ0n) is 12.3. The Morgan fingerprint density at radius 1 is 0.609 bits per heavy atom. The van der Waals surface area contributed by atoms with Gasteiger partial charge in [-0.1, -0.05) is 0 Å². The summed E-state index contributed by atoms with van der Waals surface area (Å²) in [7, 11) is 0. The standard InChI is InChI=1S/C12H24N2O9/c13-1-3-5(15)7(17)9(19)11(21-3)23-12-10(20)8(18)6(16)4(2-14)22-12/h3-12,15-20H,1-2,13-14H2. The van der Waals surface area contributed by atoms with Gasteiger partial charge in [-0.05, 0) is 0 Å². The van der Waals surface area contributed by atoms with E-state index in [1.165, 1.54) is 0 Å². The van der Waals surface area contributed by atoms with E-state index < -0.39 is 61.4 Å². The fourth-order valence-corrected chi connectivity index (χ4v) is 2.58. The Morgan fingerprint density at radius 3 is 1.26 bits per heavy atom. The van der Waals surface area contributed by atoms with Gasteiger partial charge in [-0.3, -0.25) is 0 Å². The van der Waals surface area contributed by atoms with Crippen LogP contribution in [0.4, 0.5) is 0 Å². The quantitative estimate of drug-likeness (QED) is 0.242. The summed E-state index contributed by atoms with van der Waals surface area (Å²) < 4.78 is 15.7. The maximum Gasteiger partial charge on any atom is 0.189 e. The van der Waals surface area contributed by atoms with Crippen molar-refractivity contribution in [2.24, 2.45) is 11.5 Å². The average molecular weight is 340 g/mol. The molecule has 0 amide bonds. The van der Waals surface area contributed by atoms with Crippen molar-refractivity contribution in [1.82, 2.24) is 0 Å². The van der Waals surface area contributed by atoms with Crippen LogP contribution in [0.15, 0.2) is 0 Å². The molecule has 2 aliphatic heterocycles. The zero-order valence-corrected chi connectivity index (χ0v) is 12.3. The van der Waals surface area contributed by atoms with E-state index in [-0.39, 0.29) is 13.1 Å². The molecule has 0 aromatic rings. The largest absolute Gasteiger partial charge is 0.388 e. The summed E-state index contributed by atoms with van der Waals surface area (Å²) in [6, 6.07) is 0. The van der Waals surface area contributed by atoms with E-state index in [1.807, 2.05) is 0 Å². The highest BCUT2D eigenvalue weighted by atomic mass is 16.8. The maximum atomic E-state index is 9.90. The number of aliphatic hydroxyl groups excluding tert-OH is 6. The third-order valence-electron chi connectivity index (χ3n) is 4.07. The second kappa shape index (κ2) is 7.63. The molecule has 2 aliphatic rings. The number of ether oxygens (including phenoxy) is 3. The van der Waals surface area contributed by atoms with Crippen LogP contribution in [0.25, 0.3) is 0 Å². The van der Waals surface area contributed by atoms with Gasteiger partial charge in [0.05, 0.1) is 0 Å². The van der Waals surface area contributed by atoms with E-state index in [0.29, 0.717) is 0 Å². The van der Waals surface area contributed by atoms with Gasteiger partial charge in [-0.2, -0.15) is 0 Å². The average Bonchev–Trinajstić information content (AvgIpc) is 2.55. The molecule has 2 fully saturated rings. The van der Waals surface area contributed by atoms with Crippen molar-refractivity contribution in [1.29, 1.82) is 0 Å². The second-order valence-electron chi connectivity index (χ2n) is 5.64. The number of nitrogens with two attached hydrogens (primary N) is 2. The first-order chi connectivity index (χ1) is 10.8. The minimum atomic E-state index is -1.64. The van der Waals surface area contributed by atoms with Crippen LogP contribution in [0.3, 0.4) is 0 Å². The molecule has 11 nitrogen and oxygen atoms in total. The molecule has 0 spiro atoms. The Morgan fingerprint density at radius 2 is 0.957 bits per heavy atom. The predicted molar refractivity (Wildman–Crippen MR) is 72.6 cm³/mol. The molecule has 10 atom stereocenters. The lowest BCUT2D eigenvalue weighted by molar-refractivity contribution is -0.371. The van der Waals surface area contributed by atoms with E-state index in [0.717, 1.165) is 0 Å². The van der Waals surface area contributed by atoms with Crippen molar-refractivity contribution in [3.05, 3.63) is 0 Å². The van der Waals surface area contributed by atoms with Crippen LogP contribution in [0.5, 0.6) is 0 Å². The minimum absolute atomic E-state index is 0.147. The lowest BCUT2D eigenvalue weighted by Crippen LogP contribution is -2.64. The van der Waals surface area contributed by atoms with Crippen molar-refractivity contribution >= 4 is 0 Å². The van der Waals surface area contributed by atoms with Gasteiger partial charge in [0, 0.05) is 13.1 Å². The molecular formula is C12H24N2O9. The molecule has 0 bridgehead atoms. The van der Waals surface area contributed by atoms with Crippen molar-refractivity contribution < 1.29 is 44.8 Å². The van der Waals surface area contributed by atoms with Gasteiger partial charge >= 0.3 is 0 Å². The molecule has 0 aliphatic carbocycles. The number of hydrogen-bond donors (Lipinski definition) is 8. The predicted octanol–water partition coefficient (Wildman–Crippen LogP) is -5.46. The monoisotopic (exact) mass is 340 g/mol. The number of hydrogen-bond acceptors (Lipinski definition) is 11. The summed E-state index contributed by atoms with van der Waals surface area (Å²) in [6.45, 7) is -0.294. The van der Waals surface area contributed by atoms with Crippen LogP contribution in [-0.4, -0.2) is 105 Å². The molecule has 0 aromatic carbocycles. The maximum absolute atomic E-state index is 9.90. The van der Waals surface area contributed by atoms with Crippen molar-refractivity contribution in [3.63, 3.8) is 0 Å². The van der Waals surface area contributed by atoms with Crippen LogP contribution >= 0.6 is 0 Å². The second-order valence-corrected chi connectivity index (χ2v) is 5.64.